The third-order valence-electron chi connectivity index (χ3n) is 3.76. The van der Waals surface area contributed by atoms with E-state index in [-0.39, 0.29) is 12.9 Å². The fraction of sp³-hybridized carbons (Fsp3) is 1.00. The van der Waals surface area contributed by atoms with Crippen LogP contribution in [0.1, 0.15) is 34.1 Å². The van der Waals surface area contributed by atoms with Crippen molar-refractivity contribution in [2.75, 3.05) is 46.8 Å². The Morgan fingerprint density at radius 3 is 1.46 bits per heavy atom. The van der Waals surface area contributed by atoms with Crippen molar-refractivity contribution in [3.63, 3.8) is 0 Å². The third-order valence-corrected chi connectivity index (χ3v) is 10.8. The van der Waals surface area contributed by atoms with E-state index in [0.29, 0.717) is 12.2 Å². The normalized spacial score (nSPS) is 17.7. The van der Waals surface area contributed by atoms with E-state index in [0.717, 1.165) is 65.6 Å². The molecule has 2 aliphatic rings. The Bertz CT molecular complexity index is 435. The fourth-order valence-electron chi connectivity index (χ4n) is 2.55. The first kappa shape index (κ1) is 47.3. The van der Waals surface area contributed by atoms with Gasteiger partial charge in [0.25, 0.3) is 0 Å². The SMILES string of the molecule is C.CC.CO.C[Si](C)(C)O.C[Si](C)(C)O[Si](C)(C)CCCOCC1CO1.O.O[SiH2]CCCOCC1CO1. The molecule has 0 bridgehead atoms. The van der Waals surface area contributed by atoms with Crippen LogP contribution in [0.25, 0.3) is 0 Å². The smallest absolute Gasteiger partial charge is 0.179 e. The highest BCUT2D eigenvalue weighted by atomic mass is 28.4. The lowest BCUT2D eigenvalue weighted by molar-refractivity contribution is 0.116. The van der Waals surface area contributed by atoms with Crippen LogP contribution >= 0.6 is 0 Å². The molecule has 0 aromatic heterocycles. The molecule has 0 aromatic rings. The standard InChI is InChI=1S/C11H26O3Si2.C6H14O3Si.C3H10OSi.C2H6.CH4O.CH4.H2O/c1-15(2,3)14-16(4,5)8-6-7-12-9-11-10-13-11;7-10-3-1-2-8-4-6-5-9-6;1-5(2,3)4;2*1-2;;/h11H,6-10H2,1-5H3;6-7H,1-5,10H2;4H,1-3H3;1-2H3;2H,1H3;1H4;1H2. The summed E-state index contributed by atoms with van der Waals surface area (Å²) in [6.45, 7) is 26.0. The molecule has 5 N–H and O–H groups in total. The molecule has 37 heavy (non-hydrogen) atoms. The number of aliphatic hydroxyl groups excluding tert-OH is 1. The van der Waals surface area contributed by atoms with Crippen molar-refractivity contribution in [1.82, 2.24) is 0 Å². The van der Waals surface area contributed by atoms with Gasteiger partial charge in [-0.25, -0.2) is 0 Å². The van der Waals surface area contributed by atoms with E-state index >= 15 is 0 Å². The van der Waals surface area contributed by atoms with Crippen molar-refractivity contribution in [3.8, 4) is 0 Å². The van der Waals surface area contributed by atoms with Gasteiger partial charge in [-0.3, -0.25) is 0 Å². The van der Waals surface area contributed by atoms with Crippen LogP contribution in [0.5, 0.6) is 0 Å². The lowest BCUT2D eigenvalue weighted by Crippen LogP contribution is -2.42. The summed E-state index contributed by atoms with van der Waals surface area (Å²) in [6.07, 6.45) is 2.90. The highest BCUT2D eigenvalue weighted by Gasteiger charge is 2.29. The van der Waals surface area contributed by atoms with Crippen molar-refractivity contribution in [3.05, 3.63) is 0 Å². The summed E-state index contributed by atoms with van der Waals surface area (Å²) >= 11 is 0. The summed E-state index contributed by atoms with van der Waals surface area (Å²) < 4.78 is 27.1. The van der Waals surface area contributed by atoms with Crippen LogP contribution < -0.4 is 0 Å². The van der Waals surface area contributed by atoms with Gasteiger partial charge < -0.3 is 43.2 Å². The summed E-state index contributed by atoms with van der Waals surface area (Å²) in [5.74, 6) is 0. The van der Waals surface area contributed by atoms with Crippen LogP contribution in [0.15, 0.2) is 0 Å². The first-order valence-corrected chi connectivity index (χ1v) is 24.7. The lowest BCUT2D eigenvalue weighted by Gasteiger charge is -2.31. The second kappa shape index (κ2) is 28.1. The zero-order valence-corrected chi connectivity index (χ0v) is 29.7. The molecule has 0 radical (unpaired) electrons. The molecule has 2 fully saturated rings. The molecule has 0 spiro atoms. The quantitative estimate of drug-likeness (QED) is 0.154. The highest BCUT2D eigenvalue weighted by Crippen LogP contribution is 2.20. The summed E-state index contributed by atoms with van der Waals surface area (Å²) in [7, 11) is -4.16. The number of epoxide rings is 2. The van der Waals surface area contributed by atoms with Crippen LogP contribution in [0, 0.1) is 0 Å². The minimum atomic E-state index is -1.61. The molecule has 0 aromatic carbocycles. The van der Waals surface area contributed by atoms with Gasteiger partial charge in [-0.1, -0.05) is 21.3 Å². The third kappa shape index (κ3) is 53.5. The Kier molecular flexibility index (Phi) is 35.9. The van der Waals surface area contributed by atoms with Gasteiger partial charge >= 0.3 is 0 Å². The zero-order valence-electron chi connectivity index (χ0n) is 25.3. The van der Waals surface area contributed by atoms with Crippen LogP contribution in [-0.2, 0) is 23.1 Å². The summed E-state index contributed by atoms with van der Waals surface area (Å²) in [4.78, 5) is 17.2. The van der Waals surface area contributed by atoms with Gasteiger partial charge in [-0.2, -0.15) is 0 Å². The van der Waals surface area contributed by atoms with E-state index in [1.165, 1.54) is 6.04 Å². The van der Waals surface area contributed by atoms with Crippen molar-refractivity contribution in [1.29, 1.82) is 0 Å². The van der Waals surface area contributed by atoms with E-state index in [4.69, 9.17) is 37.8 Å². The minimum Gasteiger partial charge on any atom is -0.456 e. The van der Waals surface area contributed by atoms with Crippen LogP contribution in [0.2, 0.25) is 64.5 Å². The van der Waals surface area contributed by atoms with Crippen LogP contribution in [0.3, 0.4) is 0 Å². The maximum atomic E-state index is 8.66. The predicted molar refractivity (Wildman–Crippen MR) is 168 cm³/mol. The monoisotopic (exact) mass is 610 g/mol. The molecule has 0 saturated carbocycles. The molecule has 2 unspecified atom stereocenters. The van der Waals surface area contributed by atoms with Gasteiger partial charge in [-0.05, 0) is 77.3 Å². The molecule has 232 valence electrons. The van der Waals surface area contributed by atoms with Gasteiger partial charge in [0.05, 0.1) is 26.4 Å². The molecule has 0 amide bonds. The average molecular weight is 611 g/mol. The summed E-state index contributed by atoms with van der Waals surface area (Å²) in [5.41, 5.74) is 0. The topological polar surface area (TPSA) is 145 Å². The van der Waals surface area contributed by atoms with E-state index in [2.05, 4.69) is 32.7 Å². The summed E-state index contributed by atoms with van der Waals surface area (Å²) in [6, 6.07) is 2.17. The average Bonchev–Trinajstić information content (AvgIpc) is 3.63. The number of aliphatic hydroxyl groups is 1. The van der Waals surface area contributed by atoms with E-state index < -0.39 is 34.7 Å². The molecule has 13 heteroatoms. The number of rotatable bonds is 14. The largest absolute Gasteiger partial charge is 0.456 e. The van der Waals surface area contributed by atoms with E-state index in [1.54, 1.807) is 0 Å². The minimum absolute atomic E-state index is 0. The molecule has 0 aliphatic carbocycles. The Morgan fingerprint density at radius 1 is 0.811 bits per heavy atom. The molecule has 2 aliphatic heterocycles. The molecule has 2 heterocycles. The maximum absolute atomic E-state index is 8.66. The molecule has 2 saturated heterocycles. The van der Waals surface area contributed by atoms with Crippen molar-refractivity contribution in [2.45, 2.75) is 111 Å². The van der Waals surface area contributed by atoms with Gasteiger partial charge in [0, 0.05) is 20.3 Å². The highest BCUT2D eigenvalue weighted by molar-refractivity contribution is 6.84. The molecular formula is C24H66O9Si4. The Labute approximate surface area is 235 Å². The number of hydrogen-bond acceptors (Lipinski definition) is 8. The van der Waals surface area contributed by atoms with Gasteiger partial charge in [0.1, 0.15) is 12.2 Å². The predicted octanol–water partition coefficient (Wildman–Crippen LogP) is 3.39. The zero-order chi connectivity index (χ0) is 28.0. The van der Waals surface area contributed by atoms with E-state index in [9.17, 15) is 0 Å². The first-order chi connectivity index (χ1) is 16.2. The molecule has 2 rings (SSSR count). The first-order valence-electron chi connectivity index (χ1n) is 13.1. The molecular weight excluding hydrogens is 545 g/mol. The van der Waals surface area contributed by atoms with Gasteiger partial charge in [-0.15, -0.1) is 0 Å². The second-order valence-corrected chi connectivity index (χ2v) is 25.3. The van der Waals surface area contributed by atoms with E-state index in [1.807, 2.05) is 33.5 Å². The van der Waals surface area contributed by atoms with Crippen LogP contribution in [-0.4, -0.2) is 114 Å². The summed E-state index contributed by atoms with van der Waals surface area (Å²) in [5, 5.41) is 7.00. The number of ether oxygens (including phenoxy) is 4. The Balaban J connectivity index is -0.000000140. The second-order valence-electron chi connectivity index (χ2n) is 10.7. The van der Waals surface area contributed by atoms with Crippen molar-refractivity contribution < 1.29 is 43.2 Å². The maximum Gasteiger partial charge on any atom is 0.179 e. The Morgan fingerprint density at radius 2 is 1.16 bits per heavy atom. The van der Waals surface area contributed by atoms with Crippen molar-refractivity contribution >= 4 is 34.7 Å². The lowest BCUT2D eigenvalue weighted by atomic mass is 10.5. The van der Waals surface area contributed by atoms with Gasteiger partial charge in [0.2, 0.25) is 0 Å². The Hall–Kier alpha value is 0.508. The van der Waals surface area contributed by atoms with Gasteiger partial charge in [0.15, 0.2) is 34.7 Å². The van der Waals surface area contributed by atoms with Crippen LogP contribution in [0.4, 0.5) is 0 Å². The molecule has 9 nitrogen and oxygen atoms in total. The fourth-order valence-corrected chi connectivity index (χ4v) is 11.0. The molecule has 2 atom stereocenters. The number of hydrogen-bond donors (Lipinski definition) is 3. The van der Waals surface area contributed by atoms with Crippen molar-refractivity contribution in [2.24, 2.45) is 0 Å².